The van der Waals surface area contributed by atoms with Crippen molar-refractivity contribution in [3.05, 3.63) is 75.5 Å². The zero-order valence-corrected chi connectivity index (χ0v) is 14.2. The van der Waals surface area contributed by atoms with Crippen molar-refractivity contribution in [3.63, 3.8) is 0 Å². The van der Waals surface area contributed by atoms with Crippen molar-refractivity contribution in [3.8, 4) is 0 Å². The monoisotopic (exact) mass is 352 g/mol. The van der Waals surface area contributed by atoms with E-state index in [1.54, 1.807) is 6.20 Å². The molecule has 132 valence electrons. The maximum absolute atomic E-state index is 12.6. The van der Waals surface area contributed by atoms with Crippen LogP contribution in [0.2, 0.25) is 0 Å². The first kappa shape index (κ1) is 17.3. The predicted molar refractivity (Wildman–Crippen MR) is 95.3 cm³/mol. The lowest BCUT2D eigenvalue weighted by molar-refractivity contribution is -0.385. The Morgan fingerprint density at radius 1 is 1.19 bits per heavy atom. The summed E-state index contributed by atoms with van der Waals surface area (Å²) in [4.78, 5) is 38.2. The minimum absolute atomic E-state index is 0.0792. The third kappa shape index (κ3) is 3.19. The van der Waals surface area contributed by atoms with Gasteiger partial charge in [0.25, 0.3) is 5.69 Å². The fourth-order valence-electron chi connectivity index (χ4n) is 2.76. The lowest BCUT2D eigenvalue weighted by Crippen LogP contribution is -2.24. The number of nitro benzene ring substituents is 1. The number of para-hydroxylation sites is 1. The lowest BCUT2D eigenvalue weighted by atomic mass is 10.1. The molecule has 0 aliphatic rings. The summed E-state index contributed by atoms with van der Waals surface area (Å²) in [6.45, 7) is 3.04. The number of fused-ring (bicyclic) bond motifs is 1. The minimum atomic E-state index is -0.989. The number of carbonyl (C=O) groups excluding carboxylic acids is 2. The van der Waals surface area contributed by atoms with E-state index in [-0.39, 0.29) is 17.0 Å². The van der Waals surface area contributed by atoms with Crippen LogP contribution in [0, 0.1) is 17.0 Å². The van der Waals surface area contributed by atoms with Crippen LogP contribution in [0.4, 0.5) is 5.69 Å². The molecule has 0 saturated heterocycles. The summed E-state index contributed by atoms with van der Waals surface area (Å²) >= 11 is 0. The van der Waals surface area contributed by atoms with Gasteiger partial charge in [-0.3, -0.25) is 14.9 Å². The Kier molecular flexibility index (Phi) is 4.53. The number of rotatable bonds is 5. The van der Waals surface area contributed by atoms with Gasteiger partial charge in [0.2, 0.25) is 5.78 Å². The zero-order valence-electron chi connectivity index (χ0n) is 14.2. The van der Waals surface area contributed by atoms with E-state index in [0.29, 0.717) is 11.1 Å². The number of Topliss-reactive ketones (excluding diaryl/α,β-unsaturated/α-hetero) is 1. The molecule has 1 heterocycles. The summed E-state index contributed by atoms with van der Waals surface area (Å²) in [5, 5.41) is 11.6. The molecule has 0 amide bonds. The largest absolute Gasteiger partial charge is 0.451 e. The summed E-state index contributed by atoms with van der Waals surface area (Å²) in [7, 11) is 0. The number of aryl methyl sites for hydroxylation is 1. The molecule has 0 fully saturated rings. The van der Waals surface area contributed by atoms with E-state index in [1.807, 2.05) is 24.3 Å². The number of hydrogen-bond donors (Lipinski definition) is 1. The number of ether oxygens (including phenoxy) is 1. The Balaban J connectivity index is 1.78. The quantitative estimate of drug-likeness (QED) is 0.325. The van der Waals surface area contributed by atoms with Gasteiger partial charge in [-0.15, -0.1) is 0 Å². The van der Waals surface area contributed by atoms with Crippen molar-refractivity contribution in [1.29, 1.82) is 0 Å². The lowest BCUT2D eigenvalue weighted by Gasteiger charge is -2.12. The van der Waals surface area contributed by atoms with E-state index in [9.17, 15) is 19.7 Å². The van der Waals surface area contributed by atoms with E-state index in [0.717, 1.165) is 10.9 Å². The smallest absolute Gasteiger partial charge is 0.338 e. The number of esters is 1. The van der Waals surface area contributed by atoms with Gasteiger partial charge in [0.05, 0.1) is 10.5 Å². The number of nitrogens with one attached hydrogen (secondary N) is 1. The van der Waals surface area contributed by atoms with Crippen LogP contribution in [0.25, 0.3) is 10.9 Å². The van der Waals surface area contributed by atoms with Gasteiger partial charge in [0, 0.05) is 34.3 Å². The van der Waals surface area contributed by atoms with E-state index < -0.39 is 17.0 Å². The Bertz CT molecular complexity index is 1020. The third-order valence-electron chi connectivity index (χ3n) is 4.14. The Hall–Kier alpha value is -3.48. The maximum atomic E-state index is 12.6. The van der Waals surface area contributed by atoms with Gasteiger partial charge in [0.15, 0.2) is 6.10 Å². The number of hydrogen-bond acceptors (Lipinski definition) is 5. The van der Waals surface area contributed by atoms with Crippen molar-refractivity contribution in [1.82, 2.24) is 4.98 Å². The van der Waals surface area contributed by atoms with Crippen LogP contribution in [-0.2, 0) is 4.74 Å². The molecule has 3 aromatic rings. The molecule has 1 aromatic heterocycles. The van der Waals surface area contributed by atoms with E-state index in [4.69, 9.17) is 4.74 Å². The molecule has 26 heavy (non-hydrogen) atoms. The number of ketones is 1. The van der Waals surface area contributed by atoms with Crippen LogP contribution in [0.3, 0.4) is 0 Å². The number of carbonyl (C=O) groups is 2. The summed E-state index contributed by atoms with van der Waals surface area (Å²) < 4.78 is 5.25. The highest BCUT2D eigenvalue weighted by atomic mass is 16.6. The van der Waals surface area contributed by atoms with Crippen molar-refractivity contribution in [2.24, 2.45) is 0 Å². The second kappa shape index (κ2) is 6.79. The highest BCUT2D eigenvalue weighted by molar-refractivity contribution is 6.10. The topological polar surface area (TPSA) is 102 Å². The minimum Gasteiger partial charge on any atom is -0.451 e. The SMILES string of the molecule is Cc1cc(C(=O)O[C@@H](C)C(=O)c2c[nH]c3ccccc23)ccc1[N+](=O)[O-]. The summed E-state index contributed by atoms with van der Waals surface area (Å²) in [6.07, 6.45) is 0.602. The molecule has 1 N–H and O–H groups in total. The molecular formula is C19H16N2O5. The molecule has 3 rings (SSSR count). The van der Waals surface area contributed by atoms with Gasteiger partial charge in [-0.2, -0.15) is 0 Å². The number of nitrogens with zero attached hydrogens (tertiary/aromatic N) is 1. The fourth-order valence-corrected chi connectivity index (χ4v) is 2.76. The summed E-state index contributed by atoms with van der Waals surface area (Å²) in [5.41, 5.74) is 1.69. The van der Waals surface area contributed by atoms with Gasteiger partial charge in [-0.25, -0.2) is 4.79 Å². The molecular weight excluding hydrogens is 336 g/mol. The van der Waals surface area contributed by atoms with Gasteiger partial charge in [0.1, 0.15) is 0 Å². The van der Waals surface area contributed by atoms with Crippen LogP contribution in [0.5, 0.6) is 0 Å². The first-order valence-electron chi connectivity index (χ1n) is 7.95. The highest BCUT2D eigenvalue weighted by Gasteiger charge is 2.23. The summed E-state index contributed by atoms with van der Waals surface area (Å²) in [6, 6.07) is 11.3. The van der Waals surface area contributed by atoms with E-state index in [1.165, 1.54) is 32.0 Å². The van der Waals surface area contributed by atoms with Crippen LogP contribution >= 0.6 is 0 Å². The number of benzene rings is 2. The van der Waals surface area contributed by atoms with Crippen molar-refractivity contribution in [2.75, 3.05) is 0 Å². The average Bonchev–Trinajstić information content (AvgIpc) is 3.04. The van der Waals surface area contributed by atoms with Crippen molar-refractivity contribution in [2.45, 2.75) is 20.0 Å². The molecule has 1 atom stereocenters. The standard InChI is InChI=1S/C19H16N2O5/c1-11-9-13(7-8-17(11)21(24)25)19(23)26-12(2)18(22)15-10-20-16-6-4-3-5-14(15)16/h3-10,12,20H,1-2H3/t12-/m0/s1. The number of aromatic amines is 1. The molecule has 0 aliphatic carbocycles. The molecule has 2 aromatic carbocycles. The first-order chi connectivity index (χ1) is 12.4. The maximum Gasteiger partial charge on any atom is 0.338 e. The van der Waals surface area contributed by atoms with Gasteiger partial charge < -0.3 is 9.72 Å². The molecule has 7 heteroatoms. The third-order valence-corrected chi connectivity index (χ3v) is 4.14. The van der Waals surface area contributed by atoms with E-state index >= 15 is 0 Å². The zero-order chi connectivity index (χ0) is 18.8. The van der Waals surface area contributed by atoms with Crippen LogP contribution in [0.15, 0.2) is 48.7 Å². The molecule has 0 radical (unpaired) electrons. The molecule has 0 spiro atoms. The average molecular weight is 352 g/mol. The fraction of sp³-hybridized carbons (Fsp3) is 0.158. The Labute approximate surface area is 148 Å². The molecule has 0 unspecified atom stereocenters. The number of aromatic nitrogens is 1. The molecule has 0 bridgehead atoms. The second-order valence-electron chi connectivity index (χ2n) is 5.92. The van der Waals surface area contributed by atoms with Gasteiger partial charge >= 0.3 is 5.97 Å². The van der Waals surface area contributed by atoms with Crippen molar-refractivity contribution < 1.29 is 19.2 Å². The van der Waals surface area contributed by atoms with Gasteiger partial charge in [-0.1, -0.05) is 18.2 Å². The van der Waals surface area contributed by atoms with Crippen LogP contribution in [-0.4, -0.2) is 27.8 Å². The van der Waals surface area contributed by atoms with Crippen LogP contribution < -0.4 is 0 Å². The Morgan fingerprint density at radius 3 is 2.62 bits per heavy atom. The normalized spacial score (nSPS) is 11.9. The molecule has 0 saturated carbocycles. The van der Waals surface area contributed by atoms with Crippen molar-refractivity contribution >= 4 is 28.3 Å². The molecule has 7 nitrogen and oxygen atoms in total. The number of H-pyrrole nitrogens is 1. The van der Waals surface area contributed by atoms with E-state index in [2.05, 4.69) is 4.98 Å². The van der Waals surface area contributed by atoms with Crippen LogP contribution in [0.1, 0.15) is 33.2 Å². The predicted octanol–water partition coefficient (Wildman–Crippen LogP) is 3.81. The van der Waals surface area contributed by atoms with Gasteiger partial charge in [-0.05, 0) is 32.0 Å². The first-order valence-corrected chi connectivity index (χ1v) is 7.95. The summed E-state index contributed by atoms with van der Waals surface area (Å²) in [5.74, 6) is -1.03. The highest BCUT2D eigenvalue weighted by Crippen LogP contribution is 2.22. The number of nitro groups is 1. The second-order valence-corrected chi connectivity index (χ2v) is 5.92. The molecule has 0 aliphatic heterocycles. The Morgan fingerprint density at radius 2 is 1.92 bits per heavy atom.